The standard InChI is InChI=1S/C26H26Cl2F2N6O/c27-18-8-15(5-7-37)9-19(28)23(18)25-34-22-13-33-26(32-12-16-3-4-20(29)21(30)10-16)35-24(22)36(25)14-17-2-1-6-31-11-17/h3-4,8-10,13,17,31,37H,1-2,5-7,11-12,14H2,(H,32,33,35)/t17-/m1/s1. The van der Waals surface area contributed by atoms with Crippen LogP contribution in [0.4, 0.5) is 14.7 Å². The van der Waals surface area contributed by atoms with Crippen molar-refractivity contribution in [3.8, 4) is 11.4 Å². The second-order valence-electron chi connectivity index (χ2n) is 9.17. The van der Waals surface area contributed by atoms with Crippen LogP contribution in [0.25, 0.3) is 22.6 Å². The summed E-state index contributed by atoms with van der Waals surface area (Å²) in [6, 6.07) is 7.34. The smallest absolute Gasteiger partial charge is 0.225 e. The van der Waals surface area contributed by atoms with Gasteiger partial charge in [-0.2, -0.15) is 4.98 Å². The molecule has 0 radical (unpaired) electrons. The Bertz CT molecular complexity index is 1400. The third-order valence-electron chi connectivity index (χ3n) is 6.49. The molecule has 7 nitrogen and oxygen atoms in total. The number of hydrogen-bond donors (Lipinski definition) is 3. The third-order valence-corrected chi connectivity index (χ3v) is 7.08. The molecule has 1 aliphatic rings. The van der Waals surface area contributed by atoms with Gasteiger partial charge in [-0.3, -0.25) is 0 Å². The molecule has 0 spiro atoms. The van der Waals surface area contributed by atoms with E-state index in [-0.39, 0.29) is 13.2 Å². The number of halogens is 4. The quantitative estimate of drug-likeness (QED) is 0.280. The van der Waals surface area contributed by atoms with E-state index < -0.39 is 11.6 Å². The molecule has 1 aliphatic heterocycles. The minimum Gasteiger partial charge on any atom is -0.396 e. The molecular weight excluding hydrogens is 521 g/mol. The zero-order valence-corrected chi connectivity index (χ0v) is 21.5. The Hall–Kier alpha value is -2.85. The summed E-state index contributed by atoms with van der Waals surface area (Å²) in [5.74, 6) is -0.500. The number of rotatable bonds is 8. The maximum absolute atomic E-state index is 13.6. The Morgan fingerprint density at radius 2 is 1.89 bits per heavy atom. The lowest BCUT2D eigenvalue weighted by Crippen LogP contribution is -2.32. The summed E-state index contributed by atoms with van der Waals surface area (Å²) in [5, 5.41) is 16.7. The molecule has 1 fully saturated rings. The van der Waals surface area contributed by atoms with Gasteiger partial charge in [0, 0.05) is 19.7 Å². The molecule has 0 aliphatic carbocycles. The van der Waals surface area contributed by atoms with Crippen molar-refractivity contribution in [3.05, 3.63) is 69.3 Å². The number of fused-ring (bicyclic) bond motifs is 1. The summed E-state index contributed by atoms with van der Waals surface area (Å²) in [7, 11) is 0. The molecule has 0 unspecified atom stereocenters. The highest BCUT2D eigenvalue weighted by Gasteiger charge is 2.23. The zero-order valence-electron chi connectivity index (χ0n) is 19.9. The van der Waals surface area contributed by atoms with Gasteiger partial charge in [-0.15, -0.1) is 0 Å². The molecule has 5 rings (SSSR count). The van der Waals surface area contributed by atoms with Crippen LogP contribution < -0.4 is 10.6 Å². The normalized spacial score (nSPS) is 15.9. The Kier molecular flexibility index (Phi) is 7.85. The molecule has 0 bridgehead atoms. The van der Waals surface area contributed by atoms with Crippen molar-refractivity contribution in [3.63, 3.8) is 0 Å². The second kappa shape index (κ2) is 11.3. The first-order valence-electron chi connectivity index (χ1n) is 12.1. The van der Waals surface area contributed by atoms with E-state index in [0.29, 0.717) is 63.0 Å². The summed E-state index contributed by atoms with van der Waals surface area (Å²) in [4.78, 5) is 13.9. The van der Waals surface area contributed by atoms with Crippen molar-refractivity contribution in [2.75, 3.05) is 25.0 Å². The fraction of sp³-hybridized carbons (Fsp3) is 0.346. The van der Waals surface area contributed by atoms with E-state index in [1.165, 1.54) is 6.07 Å². The number of aromatic nitrogens is 4. The van der Waals surface area contributed by atoms with Gasteiger partial charge in [-0.25, -0.2) is 18.7 Å². The highest BCUT2D eigenvalue weighted by atomic mass is 35.5. The van der Waals surface area contributed by atoms with Crippen molar-refractivity contribution in [2.45, 2.75) is 32.4 Å². The van der Waals surface area contributed by atoms with Crippen LogP contribution in [0.3, 0.4) is 0 Å². The number of aliphatic hydroxyl groups is 1. The van der Waals surface area contributed by atoms with Gasteiger partial charge in [0.15, 0.2) is 17.3 Å². The lowest BCUT2D eigenvalue weighted by Gasteiger charge is -2.24. The summed E-state index contributed by atoms with van der Waals surface area (Å²) in [6.07, 6.45) is 4.22. The molecule has 11 heteroatoms. The van der Waals surface area contributed by atoms with Crippen LogP contribution in [0.2, 0.25) is 10.0 Å². The monoisotopic (exact) mass is 546 g/mol. The molecule has 194 valence electrons. The van der Waals surface area contributed by atoms with Crippen LogP contribution in [-0.2, 0) is 19.5 Å². The Morgan fingerprint density at radius 1 is 1.08 bits per heavy atom. The first-order valence-corrected chi connectivity index (χ1v) is 12.9. The number of nitrogens with zero attached hydrogens (tertiary/aromatic N) is 4. The predicted octanol–water partition coefficient (Wildman–Crippen LogP) is 5.22. The van der Waals surface area contributed by atoms with E-state index in [2.05, 4.69) is 15.6 Å². The molecule has 3 N–H and O–H groups in total. The van der Waals surface area contributed by atoms with Gasteiger partial charge in [0.2, 0.25) is 5.95 Å². The van der Waals surface area contributed by atoms with Gasteiger partial charge in [0.1, 0.15) is 11.3 Å². The molecular formula is C26H26Cl2F2N6O. The largest absolute Gasteiger partial charge is 0.396 e. The van der Waals surface area contributed by atoms with Crippen molar-refractivity contribution in [2.24, 2.45) is 5.92 Å². The predicted molar refractivity (Wildman–Crippen MR) is 141 cm³/mol. The Labute approximate surface area is 222 Å². The lowest BCUT2D eigenvalue weighted by atomic mass is 9.99. The Balaban J connectivity index is 1.53. The summed E-state index contributed by atoms with van der Waals surface area (Å²) >= 11 is 13.4. The minimum absolute atomic E-state index is 0.00483. The van der Waals surface area contributed by atoms with Gasteiger partial charge in [-0.1, -0.05) is 29.3 Å². The number of hydrogen-bond acceptors (Lipinski definition) is 6. The first-order chi connectivity index (χ1) is 17.9. The SMILES string of the molecule is OCCc1cc(Cl)c(-c2nc3cnc(NCc4ccc(F)c(F)c4)nc3n2C[C@@H]2CCCNC2)c(Cl)c1. The molecule has 2 aromatic heterocycles. The lowest BCUT2D eigenvalue weighted by molar-refractivity contribution is 0.299. The van der Waals surface area contributed by atoms with Gasteiger partial charge in [-0.05, 0) is 73.7 Å². The highest BCUT2D eigenvalue weighted by molar-refractivity contribution is 6.39. The number of imidazole rings is 1. The van der Waals surface area contributed by atoms with E-state index in [0.717, 1.165) is 43.6 Å². The van der Waals surface area contributed by atoms with Gasteiger partial charge in [0.05, 0.1) is 21.8 Å². The van der Waals surface area contributed by atoms with Crippen LogP contribution in [0.1, 0.15) is 24.0 Å². The number of anilines is 1. The number of benzene rings is 2. The van der Waals surface area contributed by atoms with Gasteiger partial charge < -0.3 is 20.3 Å². The van der Waals surface area contributed by atoms with Gasteiger partial charge >= 0.3 is 0 Å². The molecule has 37 heavy (non-hydrogen) atoms. The second-order valence-corrected chi connectivity index (χ2v) is 9.99. The van der Waals surface area contributed by atoms with Crippen LogP contribution >= 0.6 is 23.2 Å². The third kappa shape index (κ3) is 5.70. The van der Waals surface area contributed by atoms with Crippen molar-refractivity contribution >= 4 is 40.3 Å². The first kappa shape index (κ1) is 25.8. The zero-order chi connectivity index (χ0) is 25.9. The molecule has 3 heterocycles. The van der Waals surface area contributed by atoms with Crippen LogP contribution in [0.15, 0.2) is 36.5 Å². The topological polar surface area (TPSA) is 87.9 Å². The van der Waals surface area contributed by atoms with Crippen LogP contribution in [0, 0.1) is 17.6 Å². The fourth-order valence-electron chi connectivity index (χ4n) is 4.65. The maximum atomic E-state index is 13.6. The molecule has 1 saturated heterocycles. The molecule has 2 aromatic carbocycles. The molecule has 0 amide bonds. The van der Waals surface area contributed by atoms with E-state index in [1.807, 2.05) is 4.57 Å². The van der Waals surface area contributed by atoms with E-state index in [4.69, 9.17) is 33.2 Å². The van der Waals surface area contributed by atoms with E-state index in [1.54, 1.807) is 18.3 Å². The highest BCUT2D eigenvalue weighted by Crippen LogP contribution is 2.37. The summed E-state index contributed by atoms with van der Waals surface area (Å²) in [6.45, 7) is 2.75. The summed E-state index contributed by atoms with van der Waals surface area (Å²) in [5.41, 5.74) is 3.21. The molecule has 4 aromatic rings. The average molecular weight is 547 g/mol. The average Bonchev–Trinajstić information content (AvgIpc) is 3.22. The fourth-order valence-corrected chi connectivity index (χ4v) is 5.35. The van der Waals surface area contributed by atoms with E-state index in [9.17, 15) is 13.9 Å². The minimum atomic E-state index is -0.904. The van der Waals surface area contributed by atoms with Crippen molar-refractivity contribution in [1.82, 2.24) is 24.8 Å². The van der Waals surface area contributed by atoms with Crippen molar-refractivity contribution in [1.29, 1.82) is 0 Å². The number of nitrogens with one attached hydrogen (secondary N) is 2. The van der Waals surface area contributed by atoms with Crippen LogP contribution in [0.5, 0.6) is 0 Å². The van der Waals surface area contributed by atoms with Crippen LogP contribution in [-0.4, -0.2) is 44.3 Å². The Morgan fingerprint density at radius 3 is 2.59 bits per heavy atom. The van der Waals surface area contributed by atoms with Gasteiger partial charge in [0.25, 0.3) is 0 Å². The number of piperidine rings is 1. The van der Waals surface area contributed by atoms with Crippen molar-refractivity contribution < 1.29 is 13.9 Å². The maximum Gasteiger partial charge on any atom is 0.225 e. The molecule has 1 atom stereocenters. The summed E-state index contributed by atoms with van der Waals surface area (Å²) < 4.78 is 28.9. The number of aliphatic hydroxyl groups excluding tert-OH is 1. The van der Waals surface area contributed by atoms with E-state index >= 15 is 0 Å². The molecule has 0 saturated carbocycles.